The smallest absolute Gasteiger partial charge is 0.308 e. The summed E-state index contributed by atoms with van der Waals surface area (Å²) in [6, 6.07) is 13.0. The highest BCUT2D eigenvalue weighted by Gasteiger charge is 2.37. The summed E-state index contributed by atoms with van der Waals surface area (Å²) in [5.41, 5.74) is -1.29. The average molecular weight is 543 g/mol. The predicted molar refractivity (Wildman–Crippen MR) is 129 cm³/mol. The predicted octanol–water partition coefficient (Wildman–Crippen LogP) is 6.53. The molecular formula is C25H15F6N7O. The number of pyridine rings is 1. The Morgan fingerprint density at radius 3 is 2.05 bits per heavy atom. The molecule has 2 aromatic carbocycles. The van der Waals surface area contributed by atoms with Gasteiger partial charge in [0.1, 0.15) is 0 Å². The maximum Gasteiger partial charge on any atom is 0.416 e. The van der Waals surface area contributed by atoms with Crippen molar-refractivity contribution in [2.75, 3.05) is 10.6 Å². The molecule has 2 N–H and O–H groups in total. The van der Waals surface area contributed by atoms with Crippen LogP contribution in [0.25, 0.3) is 28.3 Å². The summed E-state index contributed by atoms with van der Waals surface area (Å²) in [5, 5.41) is 17.3. The molecule has 2 amide bonds. The number of nitrogens with zero attached hydrogens (tertiary/aromatic N) is 5. The van der Waals surface area contributed by atoms with Crippen LogP contribution in [0.3, 0.4) is 0 Å². The molecule has 5 aromatic rings. The molecule has 3 aromatic heterocycles. The molecule has 0 aliphatic heterocycles. The number of carbonyl (C=O) groups excluding carboxylic acids is 1. The summed E-state index contributed by atoms with van der Waals surface area (Å²) in [6.07, 6.45) is -6.88. The quantitative estimate of drug-likeness (QED) is 0.251. The number of urea groups is 1. The Morgan fingerprint density at radius 2 is 1.38 bits per heavy atom. The van der Waals surface area contributed by atoms with Crippen molar-refractivity contribution in [2.45, 2.75) is 12.4 Å². The van der Waals surface area contributed by atoms with Gasteiger partial charge in [0, 0.05) is 34.9 Å². The largest absolute Gasteiger partial charge is 0.416 e. The molecule has 0 saturated heterocycles. The molecular weight excluding hydrogens is 528 g/mol. The number of benzene rings is 2. The van der Waals surface area contributed by atoms with Gasteiger partial charge in [0.2, 0.25) is 0 Å². The molecule has 0 bridgehead atoms. The van der Waals surface area contributed by atoms with Crippen molar-refractivity contribution in [1.29, 1.82) is 0 Å². The maximum absolute atomic E-state index is 13.1. The summed E-state index contributed by atoms with van der Waals surface area (Å²) in [6.45, 7) is 0. The maximum atomic E-state index is 13.1. The van der Waals surface area contributed by atoms with Crippen molar-refractivity contribution in [1.82, 2.24) is 24.8 Å². The summed E-state index contributed by atoms with van der Waals surface area (Å²) in [5.74, 6) is 0.474. The van der Waals surface area contributed by atoms with E-state index in [1.165, 1.54) is 16.6 Å². The molecule has 0 spiro atoms. The van der Waals surface area contributed by atoms with Crippen molar-refractivity contribution in [2.24, 2.45) is 0 Å². The lowest BCUT2D eigenvalue weighted by Crippen LogP contribution is -2.20. The zero-order chi connectivity index (χ0) is 27.8. The fourth-order valence-corrected chi connectivity index (χ4v) is 3.70. The standard InChI is InChI=1S/C25H15F6N7O/c26-24(27,28)16-11-17(25(29,30)31)13-19(12-16)34-23(39)33-18-3-1-2-15(10-18)20-4-5-21-35-36-22(38(21)37-20)14-6-8-32-9-7-14/h1-13H,(H2,33,34,39). The Bertz CT molecular complexity index is 1630. The number of alkyl halides is 6. The van der Waals surface area contributed by atoms with E-state index >= 15 is 0 Å². The number of aromatic nitrogens is 5. The monoisotopic (exact) mass is 543 g/mol. The highest BCUT2D eigenvalue weighted by atomic mass is 19.4. The van der Waals surface area contributed by atoms with E-state index in [0.717, 1.165) is 5.56 Å². The minimum Gasteiger partial charge on any atom is -0.308 e. The van der Waals surface area contributed by atoms with Gasteiger partial charge in [-0.2, -0.15) is 36.0 Å². The van der Waals surface area contributed by atoms with Crippen molar-refractivity contribution in [3.8, 4) is 22.6 Å². The number of amides is 2. The third-order valence-corrected chi connectivity index (χ3v) is 5.46. The molecule has 0 unspecified atom stereocenters. The molecule has 3 heterocycles. The molecule has 0 radical (unpaired) electrons. The van der Waals surface area contributed by atoms with Crippen LogP contribution in [0.2, 0.25) is 0 Å². The SMILES string of the molecule is O=C(Nc1cccc(-c2ccc3nnc(-c4ccncc4)n3n2)c1)Nc1cc(C(F)(F)F)cc(C(F)(F)F)c1. The van der Waals surface area contributed by atoms with Crippen molar-refractivity contribution >= 4 is 23.1 Å². The lowest BCUT2D eigenvalue weighted by Gasteiger charge is -2.15. The Kier molecular flexibility index (Phi) is 6.38. The molecule has 0 saturated carbocycles. The number of hydrogen-bond donors (Lipinski definition) is 2. The van der Waals surface area contributed by atoms with Gasteiger partial charge < -0.3 is 10.6 Å². The van der Waals surface area contributed by atoms with E-state index in [1.54, 1.807) is 48.8 Å². The second kappa shape index (κ2) is 9.70. The second-order valence-electron chi connectivity index (χ2n) is 8.20. The van der Waals surface area contributed by atoms with Crippen LogP contribution >= 0.6 is 0 Å². The van der Waals surface area contributed by atoms with E-state index in [2.05, 4.69) is 25.6 Å². The third kappa shape index (κ3) is 5.63. The zero-order valence-corrected chi connectivity index (χ0v) is 19.4. The highest BCUT2D eigenvalue weighted by Crippen LogP contribution is 2.37. The Hall–Kier alpha value is -5.01. The van der Waals surface area contributed by atoms with Gasteiger partial charge in [-0.05, 0) is 54.6 Å². The molecule has 0 aliphatic rings. The minimum absolute atomic E-state index is 0.0216. The lowest BCUT2D eigenvalue weighted by atomic mass is 10.1. The molecule has 14 heteroatoms. The van der Waals surface area contributed by atoms with Crippen molar-refractivity contribution < 1.29 is 31.1 Å². The Balaban J connectivity index is 1.39. The van der Waals surface area contributed by atoms with Gasteiger partial charge in [-0.1, -0.05) is 12.1 Å². The van der Waals surface area contributed by atoms with E-state index in [0.29, 0.717) is 34.9 Å². The van der Waals surface area contributed by atoms with Crippen LogP contribution in [0.1, 0.15) is 11.1 Å². The van der Waals surface area contributed by atoms with E-state index in [-0.39, 0.29) is 11.8 Å². The molecule has 0 fully saturated rings. The molecule has 39 heavy (non-hydrogen) atoms. The number of carbonyl (C=O) groups is 1. The van der Waals surface area contributed by atoms with E-state index in [4.69, 9.17) is 0 Å². The fraction of sp³-hybridized carbons (Fsp3) is 0.0800. The first-order valence-electron chi connectivity index (χ1n) is 11.1. The number of fused-ring (bicyclic) bond motifs is 1. The fourth-order valence-electron chi connectivity index (χ4n) is 3.70. The van der Waals surface area contributed by atoms with Crippen LogP contribution < -0.4 is 10.6 Å². The first-order valence-corrected chi connectivity index (χ1v) is 11.1. The van der Waals surface area contributed by atoms with Crippen LogP contribution in [0.15, 0.2) is 79.1 Å². The molecule has 0 atom stereocenters. The summed E-state index contributed by atoms with van der Waals surface area (Å²) in [7, 11) is 0. The van der Waals surface area contributed by atoms with Gasteiger partial charge in [-0.3, -0.25) is 4.98 Å². The van der Waals surface area contributed by atoms with Gasteiger partial charge in [-0.15, -0.1) is 10.2 Å². The normalized spacial score (nSPS) is 11.9. The number of anilines is 2. The molecule has 8 nitrogen and oxygen atoms in total. The number of nitrogens with one attached hydrogen (secondary N) is 2. The Labute approximate surface area is 215 Å². The van der Waals surface area contributed by atoms with Gasteiger partial charge in [0.05, 0.1) is 16.8 Å². The highest BCUT2D eigenvalue weighted by molar-refractivity contribution is 6.00. The number of hydrogen-bond acceptors (Lipinski definition) is 5. The van der Waals surface area contributed by atoms with Gasteiger partial charge in [-0.25, -0.2) is 4.79 Å². The summed E-state index contributed by atoms with van der Waals surface area (Å²) >= 11 is 0. The van der Waals surface area contributed by atoms with Crippen LogP contribution in [0, 0.1) is 0 Å². The topological polar surface area (TPSA) is 97.1 Å². The van der Waals surface area contributed by atoms with Crippen LogP contribution in [-0.2, 0) is 12.4 Å². The average Bonchev–Trinajstić information content (AvgIpc) is 3.31. The summed E-state index contributed by atoms with van der Waals surface area (Å²) < 4.78 is 80.2. The van der Waals surface area contributed by atoms with E-state index < -0.39 is 35.2 Å². The van der Waals surface area contributed by atoms with Crippen LogP contribution in [0.5, 0.6) is 0 Å². The Morgan fingerprint density at radius 1 is 0.718 bits per heavy atom. The number of rotatable bonds is 4. The van der Waals surface area contributed by atoms with Crippen molar-refractivity contribution in [3.63, 3.8) is 0 Å². The first kappa shape index (κ1) is 25.6. The first-order chi connectivity index (χ1) is 18.5. The van der Waals surface area contributed by atoms with Gasteiger partial charge >= 0.3 is 18.4 Å². The lowest BCUT2D eigenvalue weighted by molar-refractivity contribution is -0.143. The van der Waals surface area contributed by atoms with E-state index in [9.17, 15) is 31.1 Å². The van der Waals surface area contributed by atoms with Crippen molar-refractivity contribution in [3.05, 3.63) is 90.3 Å². The summed E-state index contributed by atoms with van der Waals surface area (Å²) in [4.78, 5) is 16.4. The van der Waals surface area contributed by atoms with E-state index in [1.807, 2.05) is 5.32 Å². The molecule has 198 valence electrons. The van der Waals surface area contributed by atoms with Gasteiger partial charge in [0.15, 0.2) is 11.5 Å². The minimum atomic E-state index is -5.04. The third-order valence-electron chi connectivity index (χ3n) is 5.46. The van der Waals surface area contributed by atoms with Gasteiger partial charge in [0.25, 0.3) is 0 Å². The molecule has 5 rings (SSSR count). The van der Waals surface area contributed by atoms with Crippen LogP contribution in [0.4, 0.5) is 42.5 Å². The number of halogens is 6. The second-order valence-corrected chi connectivity index (χ2v) is 8.20. The molecule has 0 aliphatic carbocycles. The zero-order valence-electron chi connectivity index (χ0n) is 19.4. The van der Waals surface area contributed by atoms with Crippen LogP contribution in [-0.4, -0.2) is 30.8 Å².